The molecule has 0 radical (unpaired) electrons. The first-order valence-corrected chi connectivity index (χ1v) is 9.33. The van der Waals surface area contributed by atoms with E-state index in [9.17, 15) is 4.79 Å². The van der Waals surface area contributed by atoms with Crippen LogP contribution in [0.3, 0.4) is 0 Å². The molecule has 0 spiro atoms. The summed E-state index contributed by atoms with van der Waals surface area (Å²) in [5, 5.41) is 0. The van der Waals surface area contributed by atoms with Gasteiger partial charge >= 0.3 is 0 Å². The number of carbonyl (C=O) groups is 1. The van der Waals surface area contributed by atoms with E-state index < -0.39 is 0 Å². The van der Waals surface area contributed by atoms with Gasteiger partial charge in [0.25, 0.3) is 0 Å². The van der Waals surface area contributed by atoms with Gasteiger partial charge in [-0.15, -0.1) is 0 Å². The molecule has 0 aromatic heterocycles. The van der Waals surface area contributed by atoms with E-state index in [1.54, 1.807) is 38.5 Å². The number of hydrogen-bond donors (Lipinski definition) is 0. The van der Waals surface area contributed by atoms with Gasteiger partial charge in [0.1, 0.15) is 11.5 Å². The van der Waals surface area contributed by atoms with Crippen LogP contribution < -0.4 is 9.47 Å². The summed E-state index contributed by atoms with van der Waals surface area (Å²) in [6.07, 6.45) is 0. The van der Waals surface area contributed by atoms with Crippen molar-refractivity contribution in [2.45, 2.75) is 23.5 Å². The Morgan fingerprint density at radius 1 is 0.917 bits per heavy atom. The fourth-order valence-corrected chi connectivity index (χ4v) is 4.17. The lowest BCUT2D eigenvalue weighted by Crippen LogP contribution is -2.20. The zero-order valence-corrected chi connectivity index (χ0v) is 17.3. The Morgan fingerprint density at radius 3 is 1.88 bits per heavy atom. The molecule has 0 N–H and O–H groups in total. The SMILES string of the molecule is COc1ccc(C(=O)[C@@H](Br)[C@H](Br)c2c(C)cc(OC)cc2C)cc1. The number of carbonyl (C=O) groups excluding carboxylic acids is 1. The largest absolute Gasteiger partial charge is 0.497 e. The maximum absolute atomic E-state index is 12.8. The van der Waals surface area contributed by atoms with Crippen LogP contribution in [0.4, 0.5) is 0 Å². The average Bonchev–Trinajstić information content (AvgIpc) is 2.59. The quantitative estimate of drug-likeness (QED) is 0.431. The second-order valence-electron chi connectivity index (χ2n) is 5.57. The maximum atomic E-state index is 12.8. The summed E-state index contributed by atoms with van der Waals surface area (Å²) in [5.41, 5.74) is 3.91. The Morgan fingerprint density at radius 2 is 1.42 bits per heavy atom. The number of alkyl halides is 2. The highest BCUT2D eigenvalue weighted by atomic mass is 79.9. The van der Waals surface area contributed by atoms with Crippen molar-refractivity contribution in [1.82, 2.24) is 0 Å². The molecule has 0 aliphatic carbocycles. The molecule has 0 saturated heterocycles. The zero-order chi connectivity index (χ0) is 17.9. The van der Waals surface area contributed by atoms with E-state index in [0.717, 1.165) is 28.2 Å². The molecule has 0 heterocycles. The highest BCUT2D eigenvalue weighted by Crippen LogP contribution is 2.38. The standard InChI is InChI=1S/C19H20Br2O3/c1-11-9-15(24-4)10-12(2)16(11)17(20)18(21)19(22)13-5-7-14(23-3)8-6-13/h5-10,17-18H,1-4H3/t17-,18+/m1/s1. The number of Topliss-reactive ketones (excluding diaryl/α,β-unsaturated/α-hetero) is 1. The summed E-state index contributed by atoms with van der Waals surface area (Å²) in [4.78, 5) is 12.2. The highest BCUT2D eigenvalue weighted by Gasteiger charge is 2.28. The van der Waals surface area contributed by atoms with Gasteiger partial charge in [0.05, 0.1) is 23.9 Å². The van der Waals surface area contributed by atoms with Crippen LogP contribution in [0.1, 0.15) is 31.9 Å². The molecule has 0 aliphatic heterocycles. The van der Waals surface area contributed by atoms with Gasteiger partial charge in [-0.3, -0.25) is 4.79 Å². The zero-order valence-electron chi connectivity index (χ0n) is 14.1. The van der Waals surface area contributed by atoms with Gasteiger partial charge in [0.15, 0.2) is 5.78 Å². The minimum atomic E-state index is -0.378. The van der Waals surface area contributed by atoms with Crippen molar-refractivity contribution in [3.8, 4) is 11.5 Å². The molecule has 2 aromatic rings. The number of methoxy groups -OCH3 is 2. The van der Waals surface area contributed by atoms with E-state index in [-0.39, 0.29) is 15.4 Å². The molecular weight excluding hydrogens is 436 g/mol. The molecule has 0 bridgehead atoms. The van der Waals surface area contributed by atoms with Gasteiger partial charge in [-0.1, -0.05) is 31.9 Å². The van der Waals surface area contributed by atoms with Crippen molar-refractivity contribution >= 4 is 37.6 Å². The molecular formula is C19H20Br2O3. The predicted octanol–water partition coefficient (Wildman–Crippen LogP) is 5.40. The van der Waals surface area contributed by atoms with Crippen molar-refractivity contribution in [3.05, 3.63) is 58.7 Å². The van der Waals surface area contributed by atoms with Gasteiger partial charge in [-0.25, -0.2) is 0 Å². The lowest BCUT2D eigenvalue weighted by Gasteiger charge is -2.21. The van der Waals surface area contributed by atoms with Crippen LogP contribution in [-0.2, 0) is 0 Å². The van der Waals surface area contributed by atoms with Crippen LogP contribution in [0, 0.1) is 13.8 Å². The van der Waals surface area contributed by atoms with Crippen LogP contribution in [0.15, 0.2) is 36.4 Å². The van der Waals surface area contributed by atoms with Crippen LogP contribution in [-0.4, -0.2) is 24.8 Å². The summed E-state index contributed by atoms with van der Waals surface area (Å²) in [6.45, 7) is 4.05. The molecule has 0 amide bonds. The second kappa shape index (κ2) is 8.17. The van der Waals surface area contributed by atoms with E-state index in [2.05, 4.69) is 31.9 Å². The van der Waals surface area contributed by atoms with Gasteiger partial charge < -0.3 is 9.47 Å². The minimum Gasteiger partial charge on any atom is -0.497 e. The molecule has 0 fully saturated rings. The molecule has 24 heavy (non-hydrogen) atoms. The number of benzene rings is 2. The molecule has 3 nitrogen and oxygen atoms in total. The third kappa shape index (κ3) is 4.01. The van der Waals surface area contributed by atoms with Crippen LogP contribution in [0.2, 0.25) is 0 Å². The van der Waals surface area contributed by atoms with E-state index in [4.69, 9.17) is 9.47 Å². The third-order valence-electron chi connectivity index (χ3n) is 3.96. The lowest BCUT2D eigenvalue weighted by molar-refractivity contribution is 0.0991. The fourth-order valence-electron chi connectivity index (χ4n) is 2.68. The van der Waals surface area contributed by atoms with Gasteiger partial charge in [0, 0.05) is 5.56 Å². The lowest BCUT2D eigenvalue weighted by atomic mass is 9.95. The Balaban J connectivity index is 2.28. The van der Waals surface area contributed by atoms with Crippen molar-refractivity contribution in [2.24, 2.45) is 0 Å². The van der Waals surface area contributed by atoms with E-state index in [0.29, 0.717) is 5.56 Å². The van der Waals surface area contributed by atoms with Crippen molar-refractivity contribution in [1.29, 1.82) is 0 Å². The van der Waals surface area contributed by atoms with E-state index in [1.807, 2.05) is 26.0 Å². The molecule has 5 heteroatoms. The first-order valence-electron chi connectivity index (χ1n) is 7.50. The summed E-state index contributed by atoms with van der Waals surface area (Å²) in [5.74, 6) is 1.57. The molecule has 2 aromatic carbocycles. The van der Waals surface area contributed by atoms with Crippen LogP contribution in [0.25, 0.3) is 0 Å². The number of rotatable bonds is 6. The van der Waals surface area contributed by atoms with Gasteiger partial charge in [-0.2, -0.15) is 0 Å². The number of halogens is 2. The summed E-state index contributed by atoms with van der Waals surface area (Å²) >= 11 is 7.26. The molecule has 2 rings (SSSR count). The molecule has 0 unspecified atom stereocenters. The first-order chi connectivity index (χ1) is 11.4. The van der Waals surface area contributed by atoms with Gasteiger partial charge in [0.2, 0.25) is 0 Å². The average molecular weight is 456 g/mol. The topological polar surface area (TPSA) is 35.5 Å². The number of aryl methyl sites for hydroxylation is 2. The van der Waals surface area contributed by atoms with Crippen molar-refractivity contribution in [3.63, 3.8) is 0 Å². The molecule has 0 aliphatic rings. The Kier molecular flexibility index (Phi) is 6.47. The first kappa shape index (κ1) is 19.0. The minimum absolute atomic E-state index is 0.0224. The predicted molar refractivity (Wildman–Crippen MR) is 104 cm³/mol. The maximum Gasteiger partial charge on any atom is 0.177 e. The Bertz CT molecular complexity index is 703. The normalized spacial score (nSPS) is 13.2. The Labute approximate surface area is 159 Å². The molecule has 0 saturated carbocycles. The van der Waals surface area contributed by atoms with Crippen LogP contribution >= 0.6 is 31.9 Å². The Hall–Kier alpha value is -1.33. The molecule has 128 valence electrons. The molecule has 2 atom stereocenters. The number of ketones is 1. The summed E-state index contributed by atoms with van der Waals surface area (Å²) in [7, 11) is 3.26. The second-order valence-corrected chi connectivity index (χ2v) is 7.54. The fraction of sp³-hybridized carbons (Fsp3) is 0.316. The van der Waals surface area contributed by atoms with Crippen molar-refractivity contribution in [2.75, 3.05) is 14.2 Å². The number of hydrogen-bond acceptors (Lipinski definition) is 3. The van der Waals surface area contributed by atoms with E-state index in [1.165, 1.54) is 0 Å². The monoisotopic (exact) mass is 454 g/mol. The summed E-state index contributed by atoms with van der Waals surface area (Å²) in [6, 6.07) is 11.1. The number of ether oxygens (including phenoxy) is 2. The van der Waals surface area contributed by atoms with Gasteiger partial charge in [-0.05, 0) is 66.9 Å². The van der Waals surface area contributed by atoms with Crippen LogP contribution in [0.5, 0.6) is 11.5 Å². The third-order valence-corrected chi connectivity index (χ3v) is 6.60. The summed E-state index contributed by atoms with van der Waals surface area (Å²) < 4.78 is 10.4. The smallest absolute Gasteiger partial charge is 0.177 e. The van der Waals surface area contributed by atoms with E-state index >= 15 is 0 Å². The van der Waals surface area contributed by atoms with Crippen molar-refractivity contribution < 1.29 is 14.3 Å². The highest BCUT2D eigenvalue weighted by molar-refractivity contribution is 9.12.